The van der Waals surface area contributed by atoms with E-state index in [1.54, 1.807) is 0 Å². The standard InChI is InChI=1S/C14H30.H2Se/c1-3-5-7-9-11-13-14-12-10-8-6-4-2;/h3-14H2,1-2H3;1H2. The maximum absolute atomic E-state index is 2.29. The van der Waals surface area contributed by atoms with Crippen LogP contribution >= 0.6 is 0 Å². The molecule has 0 nitrogen and oxygen atoms in total. The van der Waals surface area contributed by atoms with Crippen LogP contribution in [-0.4, -0.2) is 17.1 Å². The Labute approximate surface area is 108 Å². The second-order valence-electron chi connectivity index (χ2n) is 4.54. The van der Waals surface area contributed by atoms with Crippen LogP contribution in [0.3, 0.4) is 0 Å². The summed E-state index contributed by atoms with van der Waals surface area (Å²) in [6.45, 7) is 4.57. The Balaban J connectivity index is 0. The van der Waals surface area contributed by atoms with Gasteiger partial charge in [0.25, 0.3) is 0 Å². The molecule has 0 saturated heterocycles. The summed E-state index contributed by atoms with van der Waals surface area (Å²) < 4.78 is 0. The molecule has 0 aliphatic carbocycles. The quantitative estimate of drug-likeness (QED) is 0.377. The maximum atomic E-state index is 2.29. The number of hydrogen-bond acceptors (Lipinski definition) is 0. The molecule has 94 valence electrons. The molecule has 0 fully saturated rings. The van der Waals surface area contributed by atoms with Crippen LogP contribution in [0.2, 0.25) is 0 Å². The molecule has 0 bridgehead atoms. The first-order valence-corrected chi connectivity index (χ1v) is 6.91. The minimum absolute atomic E-state index is 0. The van der Waals surface area contributed by atoms with Crippen LogP contribution in [0.5, 0.6) is 0 Å². The number of hydrogen-bond donors (Lipinski definition) is 0. The Morgan fingerprint density at radius 2 is 0.600 bits per heavy atom. The van der Waals surface area contributed by atoms with E-state index in [-0.39, 0.29) is 17.1 Å². The minimum atomic E-state index is 0. The van der Waals surface area contributed by atoms with Gasteiger partial charge in [0.2, 0.25) is 0 Å². The first kappa shape index (κ1) is 17.9. The summed E-state index contributed by atoms with van der Waals surface area (Å²) in [5.41, 5.74) is 0. The fourth-order valence-electron chi connectivity index (χ4n) is 1.91. The van der Waals surface area contributed by atoms with E-state index in [9.17, 15) is 0 Å². The normalized spacial score (nSPS) is 10.0. The molecular weight excluding hydrogens is 247 g/mol. The third-order valence-corrected chi connectivity index (χ3v) is 2.96. The van der Waals surface area contributed by atoms with Crippen molar-refractivity contribution in [2.45, 2.75) is 90.9 Å². The van der Waals surface area contributed by atoms with Gasteiger partial charge < -0.3 is 0 Å². The van der Waals surface area contributed by atoms with Gasteiger partial charge in [-0.1, -0.05) is 90.9 Å². The van der Waals surface area contributed by atoms with Crippen molar-refractivity contribution in [3.05, 3.63) is 0 Å². The Hall–Kier alpha value is 0.519. The van der Waals surface area contributed by atoms with Gasteiger partial charge >= 0.3 is 17.1 Å². The van der Waals surface area contributed by atoms with Crippen LogP contribution in [0, 0.1) is 0 Å². The Kier molecular flexibility index (Phi) is 20.2. The molecule has 0 spiro atoms. The van der Waals surface area contributed by atoms with E-state index >= 15 is 0 Å². The molecule has 0 aliphatic heterocycles. The van der Waals surface area contributed by atoms with Crippen LogP contribution in [0.15, 0.2) is 0 Å². The molecule has 0 aliphatic rings. The number of unbranched alkanes of at least 4 members (excludes halogenated alkanes) is 11. The zero-order chi connectivity index (χ0) is 10.5. The van der Waals surface area contributed by atoms with Gasteiger partial charge in [-0.05, 0) is 0 Å². The van der Waals surface area contributed by atoms with Gasteiger partial charge in [0.05, 0.1) is 0 Å². The molecule has 0 atom stereocenters. The Bertz CT molecular complexity index is 79.3. The number of rotatable bonds is 11. The summed E-state index contributed by atoms with van der Waals surface area (Å²) in [7, 11) is 0. The van der Waals surface area contributed by atoms with Gasteiger partial charge in [0.1, 0.15) is 0 Å². The molecule has 0 aromatic rings. The van der Waals surface area contributed by atoms with Crippen LogP contribution in [-0.2, 0) is 0 Å². The average molecular weight is 279 g/mol. The van der Waals surface area contributed by atoms with Crippen molar-refractivity contribution in [2.24, 2.45) is 0 Å². The molecule has 0 aromatic carbocycles. The Morgan fingerprint density at radius 3 is 0.800 bits per heavy atom. The van der Waals surface area contributed by atoms with Gasteiger partial charge in [-0.3, -0.25) is 0 Å². The van der Waals surface area contributed by atoms with E-state index in [0.717, 1.165) is 0 Å². The molecule has 0 saturated carbocycles. The Morgan fingerprint density at radius 1 is 0.400 bits per heavy atom. The molecule has 0 amide bonds. The summed E-state index contributed by atoms with van der Waals surface area (Å²) in [5.74, 6) is 0. The van der Waals surface area contributed by atoms with Crippen molar-refractivity contribution < 1.29 is 0 Å². The van der Waals surface area contributed by atoms with Crippen molar-refractivity contribution in [3.8, 4) is 0 Å². The van der Waals surface area contributed by atoms with E-state index in [1.165, 1.54) is 77.0 Å². The van der Waals surface area contributed by atoms with Crippen LogP contribution in [0.25, 0.3) is 0 Å². The summed E-state index contributed by atoms with van der Waals surface area (Å²) in [6.07, 6.45) is 17.4. The zero-order valence-corrected chi connectivity index (χ0v) is 13.1. The van der Waals surface area contributed by atoms with Gasteiger partial charge in [-0.15, -0.1) is 0 Å². The van der Waals surface area contributed by atoms with E-state index in [0.29, 0.717) is 0 Å². The average Bonchev–Trinajstić information content (AvgIpc) is 2.21. The molecule has 0 radical (unpaired) electrons. The molecule has 15 heavy (non-hydrogen) atoms. The SMILES string of the molecule is CCCCCCCCCCCCCC.[SeH2]. The second kappa shape index (κ2) is 16.9. The molecule has 0 unspecified atom stereocenters. The first-order valence-electron chi connectivity index (χ1n) is 6.91. The van der Waals surface area contributed by atoms with Crippen LogP contribution in [0.1, 0.15) is 90.9 Å². The van der Waals surface area contributed by atoms with Gasteiger partial charge in [0.15, 0.2) is 0 Å². The first-order chi connectivity index (χ1) is 6.91. The van der Waals surface area contributed by atoms with Crippen molar-refractivity contribution in [1.29, 1.82) is 0 Å². The summed E-state index contributed by atoms with van der Waals surface area (Å²) in [4.78, 5) is 0. The fourth-order valence-corrected chi connectivity index (χ4v) is 1.91. The summed E-state index contributed by atoms with van der Waals surface area (Å²) in [5, 5.41) is 0. The van der Waals surface area contributed by atoms with Crippen molar-refractivity contribution in [1.82, 2.24) is 0 Å². The molecule has 0 rings (SSSR count). The van der Waals surface area contributed by atoms with Gasteiger partial charge in [0, 0.05) is 0 Å². The molecule has 0 heterocycles. The van der Waals surface area contributed by atoms with Crippen molar-refractivity contribution in [2.75, 3.05) is 0 Å². The third-order valence-electron chi connectivity index (χ3n) is 2.96. The van der Waals surface area contributed by atoms with E-state index in [2.05, 4.69) is 13.8 Å². The van der Waals surface area contributed by atoms with Crippen LogP contribution < -0.4 is 0 Å². The van der Waals surface area contributed by atoms with E-state index in [4.69, 9.17) is 0 Å². The second-order valence-corrected chi connectivity index (χ2v) is 4.54. The van der Waals surface area contributed by atoms with Gasteiger partial charge in [-0.2, -0.15) is 0 Å². The zero-order valence-electron chi connectivity index (χ0n) is 11.0. The van der Waals surface area contributed by atoms with Crippen molar-refractivity contribution >= 4 is 17.1 Å². The summed E-state index contributed by atoms with van der Waals surface area (Å²) >= 11 is 0. The monoisotopic (exact) mass is 280 g/mol. The van der Waals surface area contributed by atoms with Crippen LogP contribution in [0.4, 0.5) is 0 Å². The predicted molar refractivity (Wildman–Crippen MR) is 75.3 cm³/mol. The fraction of sp³-hybridized carbons (Fsp3) is 1.00. The topological polar surface area (TPSA) is 0 Å². The molecule has 0 N–H and O–H groups in total. The summed E-state index contributed by atoms with van der Waals surface area (Å²) in [6, 6.07) is 0. The molecular formula is C14H32Se. The molecule has 1 heteroatoms. The van der Waals surface area contributed by atoms with E-state index < -0.39 is 0 Å². The van der Waals surface area contributed by atoms with E-state index in [1.807, 2.05) is 0 Å². The molecule has 0 aromatic heterocycles. The predicted octanol–water partition coefficient (Wildman–Crippen LogP) is 4.79. The van der Waals surface area contributed by atoms with Crippen molar-refractivity contribution in [3.63, 3.8) is 0 Å². The third kappa shape index (κ3) is 17.1. The van der Waals surface area contributed by atoms with Gasteiger partial charge in [-0.25, -0.2) is 0 Å².